The number of halogens is 2. The van der Waals surface area contributed by atoms with Crippen molar-refractivity contribution in [1.29, 1.82) is 0 Å². The van der Waals surface area contributed by atoms with Crippen LogP contribution in [0.3, 0.4) is 0 Å². The van der Waals surface area contributed by atoms with Gasteiger partial charge in [0.1, 0.15) is 11.5 Å². The van der Waals surface area contributed by atoms with Crippen LogP contribution in [0.15, 0.2) is 60.7 Å². The Morgan fingerprint density at radius 2 is 1.72 bits per heavy atom. The first kappa shape index (κ1) is 20.8. The van der Waals surface area contributed by atoms with Crippen LogP contribution in [0.2, 0.25) is 10.0 Å². The van der Waals surface area contributed by atoms with Gasteiger partial charge < -0.3 is 9.47 Å². The Kier molecular flexibility index (Phi) is 6.80. The molecule has 0 fully saturated rings. The molecule has 3 rings (SSSR count). The van der Waals surface area contributed by atoms with Crippen molar-refractivity contribution in [2.45, 2.75) is 13.0 Å². The van der Waals surface area contributed by atoms with Gasteiger partial charge in [0.05, 0.1) is 5.02 Å². The van der Waals surface area contributed by atoms with Crippen molar-refractivity contribution < 1.29 is 19.1 Å². The molecular weight excluding hydrogens is 415 g/mol. The summed E-state index contributed by atoms with van der Waals surface area (Å²) < 4.78 is 11.1. The average Bonchev–Trinajstić information content (AvgIpc) is 2.72. The number of benzene rings is 3. The van der Waals surface area contributed by atoms with Gasteiger partial charge in [-0.15, -0.1) is 0 Å². The second-order valence-corrected chi connectivity index (χ2v) is 6.98. The van der Waals surface area contributed by atoms with Gasteiger partial charge in [0.25, 0.3) is 11.8 Å². The fourth-order valence-corrected chi connectivity index (χ4v) is 3.00. The molecule has 0 aliphatic rings. The van der Waals surface area contributed by atoms with Gasteiger partial charge in [0.2, 0.25) is 0 Å². The summed E-state index contributed by atoms with van der Waals surface area (Å²) in [5.74, 6) is -0.166. The lowest BCUT2D eigenvalue weighted by Crippen LogP contribution is -2.48. The summed E-state index contributed by atoms with van der Waals surface area (Å²) in [5, 5.41) is 2.64. The normalized spacial score (nSPS) is 11.6. The Morgan fingerprint density at radius 1 is 0.966 bits per heavy atom. The van der Waals surface area contributed by atoms with E-state index in [4.69, 9.17) is 32.7 Å². The number of carbonyl (C=O) groups is 2. The van der Waals surface area contributed by atoms with Crippen LogP contribution >= 0.6 is 23.2 Å². The first-order valence-corrected chi connectivity index (χ1v) is 9.50. The van der Waals surface area contributed by atoms with Crippen LogP contribution in [0.1, 0.15) is 6.92 Å². The number of fused-ring (bicyclic) bond motifs is 1. The highest BCUT2D eigenvalue weighted by molar-refractivity contribution is 6.35. The third-order valence-corrected chi connectivity index (χ3v) is 4.53. The zero-order valence-corrected chi connectivity index (χ0v) is 17.0. The van der Waals surface area contributed by atoms with Crippen LogP contribution in [-0.4, -0.2) is 24.5 Å². The fraction of sp³-hybridized carbons (Fsp3) is 0.143. The van der Waals surface area contributed by atoms with Crippen LogP contribution < -0.4 is 20.3 Å². The van der Waals surface area contributed by atoms with Crippen LogP contribution in [-0.2, 0) is 9.59 Å². The highest BCUT2D eigenvalue weighted by atomic mass is 35.5. The maximum Gasteiger partial charge on any atom is 0.279 e. The van der Waals surface area contributed by atoms with Crippen LogP contribution in [0.4, 0.5) is 0 Å². The van der Waals surface area contributed by atoms with E-state index in [2.05, 4.69) is 10.9 Å². The van der Waals surface area contributed by atoms with Gasteiger partial charge in [-0.2, -0.15) is 0 Å². The maximum absolute atomic E-state index is 12.1. The number of amides is 2. The third kappa shape index (κ3) is 5.53. The molecular formula is C21H18Cl2N2O4. The van der Waals surface area contributed by atoms with Crippen LogP contribution in [0.25, 0.3) is 10.8 Å². The minimum Gasteiger partial charge on any atom is -0.483 e. The lowest BCUT2D eigenvalue weighted by molar-refractivity contribution is -0.133. The summed E-state index contributed by atoms with van der Waals surface area (Å²) in [7, 11) is 0. The third-order valence-electron chi connectivity index (χ3n) is 4.00. The van der Waals surface area contributed by atoms with Crippen molar-refractivity contribution >= 4 is 45.8 Å². The first-order chi connectivity index (χ1) is 13.9. The Labute approximate surface area is 177 Å². The summed E-state index contributed by atoms with van der Waals surface area (Å²) in [6.07, 6.45) is -0.895. The molecule has 0 aliphatic heterocycles. The highest BCUT2D eigenvalue weighted by Crippen LogP contribution is 2.28. The molecule has 3 aromatic rings. The van der Waals surface area contributed by atoms with Crippen LogP contribution in [0.5, 0.6) is 11.5 Å². The summed E-state index contributed by atoms with van der Waals surface area (Å²) in [4.78, 5) is 24.1. The number of hydrazine groups is 1. The molecule has 0 aromatic heterocycles. The van der Waals surface area contributed by atoms with Crippen molar-refractivity contribution in [3.63, 3.8) is 0 Å². The van der Waals surface area contributed by atoms with E-state index in [1.165, 1.54) is 13.0 Å². The van der Waals surface area contributed by atoms with Gasteiger partial charge in [0.15, 0.2) is 12.7 Å². The number of hydrogen-bond donors (Lipinski definition) is 2. The zero-order valence-electron chi connectivity index (χ0n) is 15.4. The molecule has 0 spiro atoms. The van der Waals surface area contributed by atoms with E-state index in [9.17, 15) is 9.59 Å². The Bertz CT molecular complexity index is 1040. The van der Waals surface area contributed by atoms with Gasteiger partial charge >= 0.3 is 0 Å². The van der Waals surface area contributed by atoms with Gasteiger partial charge in [0, 0.05) is 10.4 Å². The molecule has 0 aliphatic carbocycles. The molecule has 6 nitrogen and oxygen atoms in total. The molecule has 0 bridgehead atoms. The Morgan fingerprint density at radius 3 is 2.52 bits per heavy atom. The van der Waals surface area contributed by atoms with E-state index in [1.807, 2.05) is 36.4 Å². The molecule has 3 aromatic carbocycles. The fourth-order valence-electron chi connectivity index (χ4n) is 2.55. The molecule has 0 heterocycles. The largest absolute Gasteiger partial charge is 0.483 e. The first-order valence-electron chi connectivity index (χ1n) is 8.75. The molecule has 2 N–H and O–H groups in total. The zero-order chi connectivity index (χ0) is 20.8. The Hall–Kier alpha value is -2.96. The molecule has 8 heteroatoms. The lowest BCUT2D eigenvalue weighted by Gasteiger charge is -2.16. The SMILES string of the molecule is C[C@@H](Oc1ccc(Cl)cc1Cl)C(=O)NNC(=O)COc1cccc2ccccc12. The van der Waals surface area contributed by atoms with E-state index < -0.39 is 17.9 Å². The lowest BCUT2D eigenvalue weighted by atomic mass is 10.1. The minimum absolute atomic E-state index is 0.257. The second-order valence-electron chi connectivity index (χ2n) is 6.14. The number of hydrogen-bond acceptors (Lipinski definition) is 4. The molecule has 0 saturated heterocycles. The molecule has 0 saturated carbocycles. The second kappa shape index (κ2) is 9.49. The number of nitrogens with one attached hydrogen (secondary N) is 2. The van der Waals surface area contributed by atoms with Gasteiger partial charge in [-0.05, 0) is 36.6 Å². The monoisotopic (exact) mass is 432 g/mol. The smallest absolute Gasteiger partial charge is 0.279 e. The van der Waals surface area contributed by atoms with Gasteiger partial charge in [-0.1, -0.05) is 59.6 Å². The van der Waals surface area contributed by atoms with E-state index in [1.54, 1.807) is 18.2 Å². The van der Waals surface area contributed by atoms with E-state index >= 15 is 0 Å². The quantitative estimate of drug-likeness (QED) is 0.573. The van der Waals surface area contributed by atoms with E-state index in [0.29, 0.717) is 16.5 Å². The predicted molar refractivity (Wildman–Crippen MR) is 112 cm³/mol. The average molecular weight is 433 g/mol. The molecule has 2 amide bonds. The number of ether oxygens (including phenoxy) is 2. The van der Waals surface area contributed by atoms with Gasteiger partial charge in [-0.3, -0.25) is 20.4 Å². The van der Waals surface area contributed by atoms with Crippen molar-refractivity contribution in [2.75, 3.05) is 6.61 Å². The van der Waals surface area contributed by atoms with Crippen molar-refractivity contribution in [1.82, 2.24) is 10.9 Å². The molecule has 1 atom stereocenters. The van der Waals surface area contributed by atoms with Crippen molar-refractivity contribution in [2.24, 2.45) is 0 Å². The van der Waals surface area contributed by atoms with Crippen molar-refractivity contribution in [3.8, 4) is 11.5 Å². The standard InChI is InChI=1S/C21H18Cl2N2O4/c1-13(29-19-10-9-15(22)11-17(19)23)21(27)25-24-20(26)12-28-18-8-4-6-14-5-2-3-7-16(14)18/h2-11,13H,12H2,1H3,(H,24,26)(H,25,27)/t13-/m1/s1. The minimum atomic E-state index is -0.895. The molecule has 0 unspecified atom stereocenters. The Balaban J connectivity index is 1.49. The number of carbonyl (C=O) groups excluding carboxylic acids is 2. The van der Waals surface area contributed by atoms with E-state index in [-0.39, 0.29) is 11.6 Å². The maximum atomic E-state index is 12.1. The van der Waals surface area contributed by atoms with Gasteiger partial charge in [-0.25, -0.2) is 0 Å². The summed E-state index contributed by atoms with van der Waals surface area (Å²) in [6, 6.07) is 17.9. The molecule has 29 heavy (non-hydrogen) atoms. The predicted octanol–water partition coefficient (Wildman–Crippen LogP) is 4.14. The van der Waals surface area contributed by atoms with Crippen LogP contribution in [0, 0.1) is 0 Å². The summed E-state index contributed by atoms with van der Waals surface area (Å²) in [5.41, 5.74) is 4.59. The summed E-state index contributed by atoms with van der Waals surface area (Å²) >= 11 is 11.8. The summed E-state index contributed by atoms with van der Waals surface area (Å²) in [6.45, 7) is 1.27. The molecule has 150 valence electrons. The number of rotatable bonds is 6. The molecule has 0 radical (unpaired) electrons. The van der Waals surface area contributed by atoms with Crippen molar-refractivity contribution in [3.05, 3.63) is 70.7 Å². The highest BCUT2D eigenvalue weighted by Gasteiger charge is 2.17. The van der Waals surface area contributed by atoms with E-state index in [0.717, 1.165) is 10.8 Å². The topological polar surface area (TPSA) is 76.7 Å².